The molecule has 0 heterocycles. The van der Waals surface area contributed by atoms with E-state index in [1.165, 1.54) is 24.2 Å². The molecule has 0 saturated carbocycles. The zero-order chi connectivity index (χ0) is 19.0. The molecule has 2 aromatic rings. The predicted molar refractivity (Wildman–Crippen MR) is 116 cm³/mol. The molecule has 3 heteroatoms. The first-order valence-electron chi connectivity index (χ1n) is 9.01. The average Bonchev–Trinajstić information content (AvgIpc) is 2.64. The summed E-state index contributed by atoms with van der Waals surface area (Å²) in [5.74, 6) is 0. The Morgan fingerprint density at radius 1 is 0.704 bits per heavy atom. The molecule has 150 valence electrons. The summed E-state index contributed by atoms with van der Waals surface area (Å²) < 4.78 is 0. The molecule has 0 saturated heterocycles. The first kappa shape index (κ1) is 25.1. The summed E-state index contributed by atoms with van der Waals surface area (Å²) in [6.45, 7) is 0. The van der Waals surface area contributed by atoms with Gasteiger partial charge in [0.2, 0.25) is 0 Å². The number of rotatable bonds is 2. The van der Waals surface area contributed by atoms with E-state index in [1.807, 2.05) is 76.7 Å². The van der Waals surface area contributed by atoms with Crippen molar-refractivity contribution in [2.45, 2.75) is 19.3 Å². The zero-order valence-corrected chi connectivity index (χ0v) is 19.1. The molecular formula is C24H31N2Pt-3. The van der Waals surface area contributed by atoms with Crippen LogP contribution in [0.3, 0.4) is 0 Å². The Bertz CT molecular complexity index is 550. The van der Waals surface area contributed by atoms with Gasteiger partial charge in [-0.15, -0.1) is 30.3 Å². The van der Waals surface area contributed by atoms with Gasteiger partial charge in [0.05, 0.1) is 0 Å². The van der Waals surface area contributed by atoms with Crippen LogP contribution in [0, 0.1) is 18.6 Å². The van der Waals surface area contributed by atoms with E-state index in [4.69, 9.17) is 0 Å². The molecule has 0 spiro atoms. The fourth-order valence-corrected chi connectivity index (χ4v) is 2.11. The molecule has 0 aromatic heterocycles. The van der Waals surface area contributed by atoms with Gasteiger partial charge in [-0.1, -0.05) is 30.3 Å². The quantitative estimate of drug-likeness (QED) is 0.361. The summed E-state index contributed by atoms with van der Waals surface area (Å²) in [6, 6.07) is 21.7. The summed E-state index contributed by atoms with van der Waals surface area (Å²) in [7, 11) is 8.09. The van der Waals surface area contributed by atoms with Gasteiger partial charge in [-0.25, -0.2) is 18.6 Å². The molecule has 27 heavy (non-hydrogen) atoms. The van der Waals surface area contributed by atoms with Crippen LogP contribution in [-0.4, -0.2) is 28.2 Å². The Kier molecular flexibility index (Phi) is 15.1. The maximum Gasteiger partial charge on any atom is 0.00397 e. The van der Waals surface area contributed by atoms with Gasteiger partial charge in [-0.3, -0.25) is 0 Å². The number of hydrogen-bond donors (Lipinski definition) is 0. The fraction of sp³-hybridized carbons (Fsp3) is 0.292. The number of hydrogen-bond acceptors (Lipinski definition) is 2. The minimum absolute atomic E-state index is 0. The van der Waals surface area contributed by atoms with Gasteiger partial charge in [0.25, 0.3) is 0 Å². The molecule has 2 nitrogen and oxygen atoms in total. The van der Waals surface area contributed by atoms with E-state index in [9.17, 15) is 0 Å². The van der Waals surface area contributed by atoms with Crippen LogP contribution in [0.4, 0.5) is 11.4 Å². The second-order valence-electron chi connectivity index (χ2n) is 6.25. The van der Waals surface area contributed by atoms with Crippen LogP contribution >= 0.6 is 0 Å². The largest absolute Gasteiger partial charge is 0.399 e. The van der Waals surface area contributed by atoms with Crippen LogP contribution in [0.1, 0.15) is 19.3 Å². The van der Waals surface area contributed by atoms with Gasteiger partial charge < -0.3 is 9.80 Å². The fourth-order valence-electron chi connectivity index (χ4n) is 2.11. The smallest absolute Gasteiger partial charge is 0.00397 e. The average molecular weight is 543 g/mol. The number of benzene rings is 2. The normalized spacial score (nSPS) is 14.1. The van der Waals surface area contributed by atoms with E-state index < -0.39 is 0 Å². The molecule has 0 atom stereocenters. The molecule has 0 aliphatic heterocycles. The van der Waals surface area contributed by atoms with Crippen LogP contribution in [0.5, 0.6) is 0 Å². The summed E-state index contributed by atoms with van der Waals surface area (Å²) >= 11 is 0. The third-order valence-corrected chi connectivity index (χ3v) is 3.65. The maximum atomic E-state index is 2.96. The third kappa shape index (κ3) is 13.0. The Hall–Kier alpha value is -1.92. The summed E-state index contributed by atoms with van der Waals surface area (Å²) in [5.41, 5.74) is 2.43. The van der Waals surface area contributed by atoms with Crippen LogP contribution in [0.15, 0.2) is 72.8 Å². The van der Waals surface area contributed by atoms with Crippen molar-refractivity contribution in [1.29, 1.82) is 0 Å². The van der Waals surface area contributed by atoms with Crippen molar-refractivity contribution < 1.29 is 21.1 Å². The van der Waals surface area contributed by atoms with Gasteiger partial charge in [-0.05, 0) is 6.42 Å². The second kappa shape index (κ2) is 16.3. The van der Waals surface area contributed by atoms with E-state index >= 15 is 0 Å². The van der Waals surface area contributed by atoms with E-state index in [2.05, 4.69) is 52.7 Å². The van der Waals surface area contributed by atoms with Gasteiger partial charge in [0.1, 0.15) is 0 Å². The minimum Gasteiger partial charge on any atom is -0.399 e. The Morgan fingerprint density at radius 3 is 1.56 bits per heavy atom. The molecule has 0 amide bonds. The van der Waals surface area contributed by atoms with Crippen molar-refractivity contribution in [2.75, 3.05) is 38.0 Å². The van der Waals surface area contributed by atoms with Crippen molar-refractivity contribution in [3.05, 3.63) is 91.4 Å². The number of anilines is 2. The topological polar surface area (TPSA) is 6.48 Å². The predicted octanol–water partition coefficient (Wildman–Crippen LogP) is 5.59. The summed E-state index contributed by atoms with van der Waals surface area (Å²) in [6.07, 6.45) is 14.5. The van der Waals surface area contributed by atoms with Crippen LogP contribution in [0.25, 0.3) is 0 Å². The van der Waals surface area contributed by atoms with Crippen molar-refractivity contribution in [3.8, 4) is 0 Å². The van der Waals surface area contributed by atoms with E-state index in [-0.39, 0.29) is 21.1 Å². The van der Waals surface area contributed by atoms with Crippen LogP contribution in [-0.2, 0) is 21.1 Å². The van der Waals surface area contributed by atoms with Crippen molar-refractivity contribution in [3.63, 3.8) is 0 Å². The van der Waals surface area contributed by atoms with Crippen molar-refractivity contribution in [2.24, 2.45) is 0 Å². The monoisotopic (exact) mass is 542 g/mol. The Labute approximate surface area is 180 Å². The minimum atomic E-state index is 0. The molecule has 2 aromatic carbocycles. The first-order valence-corrected chi connectivity index (χ1v) is 9.01. The van der Waals surface area contributed by atoms with E-state index in [1.54, 1.807) is 0 Å². The summed E-state index contributed by atoms with van der Waals surface area (Å²) in [5, 5.41) is 0. The van der Waals surface area contributed by atoms with Crippen LogP contribution < -0.4 is 9.80 Å². The molecular weight excluding hydrogens is 511 g/mol. The standard InChI is InChI=1S/2C8H10N.C8H11.Pt/c2*1-9(2)8-6-4-3-5-7-8;1-2-4-6-8-7-5-3-1;/h2*4-7H,1-2H3;1-3,6,8H,4-5,7H2;/q3*-1;/b;;3-1-,8-6-;. The van der Waals surface area contributed by atoms with Gasteiger partial charge in [0.15, 0.2) is 0 Å². The SMILES string of the molecule is C1=C\CC/C=C\C[CH-]/1.CN(C)c1cc[c-]cc1.CN(C)c1cc[c-]cc1.[Pt]. The second-order valence-corrected chi connectivity index (χ2v) is 6.25. The Morgan fingerprint density at radius 2 is 1.15 bits per heavy atom. The van der Waals surface area contributed by atoms with Gasteiger partial charge >= 0.3 is 0 Å². The molecule has 3 rings (SSSR count). The maximum absolute atomic E-state index is 2.96. The molecule has 0 fully saturated rings. The number of nitrogens with zero attached hydrogens (tertiary/aromatic N) is 2. The van der Waals surface area contributed by atoms with E-state index in [0.29, 0.717) is 0 Å². The van der Waals surface area contributed by atoms with Gasteiger partial charge in [-0.2, -0.15) is 36.4 Å². The van der Waals surface area contributed by atoms with Gasteiger partial charge in [0, 0.05) is 49.3 Å². The molecule has 0 N–H and O–H groups in total. The Balaban J connectivity index is 0.000000369. The summed E-state index contributed by atoms with van der Waals surface area (Å²) in [4.78, 5) is 4.13. The van der Waals surface area contributed by atoms with Crippen molar-refractivity contribution in [1.82, 2.24) is 0 Å². The number of allylic oxidation sites excluding steroid dienone is 4. The molecule has 1 aliphatic rings. The first-order chi connectivity index (χ1) is 12.6. The zero-order valence-electron chi connectivity index (χ0n) is 16.8. The van der Waals surface area contributed by atoms with E-state index in [0.717, 1.165) is 6.42 Å². The molecule has 1 aliphatic carbocycles. The van der Waals surface area contributed by atoms with Crippen molar-refractivity contribution >= 4 is 11.4 Å². The van der Waals surface area contributed by atoms with Crippen LogP contribution in [0.2, 0.25) is 0 Å². The molecule has 0 radical (unpaired) electrons. The molecule has 0 unspecified atom stereocenters. The third-order valence-electron chi connectivity index (χ3n) is 3.65. The molecule has 0 bridgehead atoms.